The minimum Gasteiger partial charge on any atom is -0.321 e. The van der Waals surface area contributed by atoms with E-state index in [-0.39, 0.29) is 5.91 Å². The fourth-order valence-corrected chi connectivity index (χ4v) is 4.35. The molecule has 26 heavy (non-hydrogen) atoms. The number of nitrogens with one attached hydrogen (secondary N) is 1. The third-order valence-corrected chi connectivity index (χ3v) is 5.86. The topological polar surface area (TPSA) is 42.0 Å². The Balaban J connectivity index is 1.83. The van der Waals surface area contributed by atoms with E-state index in [1.54, 1.807) is 0 Å². The molecule has 2 aromatic rings. The van der Waals surface area contributed by atoms with Crippen LogP contribution in [-0.2, 0) is 4.79 Å². The molecular formula is C22H30N3O+. The Morgan fingerprint density at radius 3 is 2.58 bits per heavy atom. The average molecular weight is 353 g/mol. The number of pyridine rings is 1. The summed E-state index contributed by atoms with van der Waals surface area (Å²) in [5.41, 5.74) is 4.30. The van der Waals surface area contributed by atoms with E-state index in [4.69, 9.17) is 0 Å². The van der Waals surface area contributed by atoms with Gasteiger partial charge in [0.1, 0.15) is 6.04 Å². The summed E-state index contributed by atoms with van der Waals surface area (Å²) in [5.74, 6) is 0.104. The fourth-order valence-electron chi connectivity index (χ4n) is 4.35. The Kier molecular flexibility index (Phi) is 5.72. The first-order valence-corrected chi connectivity index (χ1v) is 9.68. The Morgan fingerprint density at radius 1 is 1.15 bits per heavy atom. The van der Waals surface area contributed by atoms with E-state index in [0.29, 0.717) is 12.6 Å². The Bertz CT molecular complexity index is 739. The van der Waals surface area contributed by atoms with Gasteiger partial charge in [-0.15, -0.1) is 0 Å². The highest BCUT2D eigenvalue weighted by Gasteiger charge is 2.41. The normalized spacial score (nSPS) is 22.8. The number of quaternary nitrogens is 1. The van der Waals surface area contributed by atoms with Gasteiger partial charge in [-0.3, -0.25) is 9.78 Å². The largest absolute Gasteiger partial charge is 0.321 e. The molecule has 0 spiro atoms. The molecule has 0 aliphatic carbocycles. The number of piperidine rings is 1. The van der Waals surface area contributed by atoms with Crippen LogP contribution < -0.4 is 5.32 Å². The molecule has 0 saturated carbocycles. The van der Waals surface area contributed by atoms with Crippen molar-refractivity contribution in [2.45, 2.75) is 46.1 Å². The monoisotopic (exact) mass is 352 g/mol. The SMILES string of the molecule is CC[N+]1(CC(=O)Nc2c(C)cccc2C)CCCCC1c1ccccn1. The minimum absolute atomic E-state index is 0.104. The van der Waals surface area contributed by atoms with Gasteiger partial charge in [0.2, 0.25) is 0 Å². The second kappa shape index (κ2) is 8.00. The first kappa shape index (κ1) is 18.6. The summed E-state index contributed by atoms with van der Waals surface area (Å²) in [6.45, 7) is 8.78. The van der Waals surface area contributed by atoms with Crippen LogP contribution in [-0.4, -0.2) is 35.0 Å². The lowest BCUT2D eigenvalue weighted by Gasteiger charge is -2.46. The molecule has 1 amide bonds. The molecule has 1 N–H and O–H groups in total. The van der Waals surface area contributed by atoms with Crippen molar-refractivity contribution in [3.05, 3.63) is 59.4 Å². The molecule has 2 heterocycles. The lowest BCUT2D eigenvalue weighted by molar-refractivity contribution is -0.953. The maximum absolute atomic E-state index is 13.0. The minimum atomic E-state index is 0.104. The standard InChI is InChI=1S/C22H29N3O/c1-4-25(15-8-6-13-20(25)19-12-5-7-14-23-19)16-21(26)24-22-17(2)10-9-11-18(22)3/h5,7,9-12,14,20H,4,6,8,13,15-16H2,1-3H3/p+1. The number of aryl methyl sites for hydroxylation is 2. The van der Waals surface area contributed by atoms with Crippen LogP contribution in [0.1, 0.15) is 49.0 Å². The van der Waals surface area contributed by atoms with E-state index in [1.165, 1.54) is 12.8 Å². The van der Waals surface area contributed by atoms with Crippen molar-refractivity contribution in [2.75, 3.05) is 25.0 Å². The van der Waals surface area contributed by atoms with Crippen LogP contribution in [0.4, 0.5) is 5.69 Å². The zero-order chi connectivity index (χ0) is 18.6. The number of nitrogens with zero attached hydrogens (tertiary/aromatic N) is 2. The Morgan fingerprint density at radius 2 is 1.92 bits per heavy atom. The van der Waals surface area contributed by atoms with E-state index in [1.807, 2.05) is 44.3 Å². The predicted molar refractivity (Wildman–Crippen MR) is 106 cm³/mol. The molecule has 2 atom stereocenters. The number of para-hydroxylation sites is 1. The third-order valence-electron chi connectivity index (χ3n) is 5.86. The predicted octanol–water partition coefficient (Wildman–Crippen LogP) is 4.40. The Hall–Kier alpha value is -2.20. The summed E-state index contributed by atoms with van der Waals surface area (Å²) >= 11 is 0. The summed E-state index contributed by atoms with van der Waals surface area (Å²) in [7, 11) is 0. The van der Waals surface area contributed by atoms with Gasteiger partial charge in [-0.2, -0.15) is 0 Å². The van der Waals surface area contributed by atoms with Crippen molar-refractivity contribution in [1.29, 1.82) is 0 Å². The number of likely N-dealkylation sites (N-methyl/N-ethyl adjacent to an activating group) is 1. The first-order chi connectivity index (χ1) is 12.6. The van der Waals surface area contributed by atoms with Crippen molar-refractivity contribution in [1.82, 2.24) is 4.98 Å². The van der Waals surface area contributed by atoms with E-state index < -0.39 is 0 Å². The van der Waals surface area contributed by atoms with Crippen LogP contribution in [0.5, 0.6) is 0 Å². The Labute approximate surface area is 156 Å². The zero-order valence-corrected chi connectivity index (χ0v) is 16.2. The van der Waals surface area contributed by atoms with Crippen LogP contribution in [0.25, 0.3) is 0 Å². The van der Waals surface area contributed by atoms with Crippen LogP contribution >= 0.6 is 0 Å². The molecule has 1 saturated heterocycles. The van der Waals surface area contributed by atoms with Gasteiger partial charge in [0.25, 0.3) is 5.91 Å². The quantitative estimate of drug-likeness (QED) is 0.811. The molecule has 1 aromatic carbocycles. The highest BCUT2D eigenvalue weighted by atomic mass is 16.2. The molecule has 4 nitrogen and oxygen atoms in total. The van der Waals surface area contributed by atoms with Gasteiger partial charge in [-0.1, -0.05) is 24.3 Å². The summed E-state index contributed by atoms with van der Waals surface area (Å²) < 4.78 is 0.799. The fraction of sp³-hybridized carbons (Fsp3) is 0.455. The molecule has 4 heteroatoms. The number of amides is 1. The lowest BCUT2D eigenvalue weighted by Crippen LogP contribution is -2.56. The van der Waals surface area contributed by atoms with Gasteiger partial charge in [0.05, 0.1) is 18.8 Å². The van der Waals surface area contributed by atoms with Crippen molar-refractivity contribution in [3.8, 4) is 0 Å². The van der Waals surface area contributed by atoms with Crippen molar-refractivity contribution >= 4 is 11.6 Å². The van der Waals surface area contributed by atoms with E-state index in [2.05, 4.69) is 29.4 Å². The van der Waals surface area contributed by atoms with Crippen molar-refractivity contribution < 1.29 is 9.28 Å². The smallest absolute Gasteiger partial charge is 0.279 e. The zero-order valence-electron chi connectivity index (χ0n) is 16.2. The number of carbonyl (C=O) groups excluding carboxylic acids is 1. The summed E-state index contributed by atoms with van der Waals surface area (Å²) in [6, 6.07) is 12.6. The number of anilines is 1. The van der Waals surface area contributed by atoms with Crippen LogP contribution in [0.3, 0.4) is 0 Å². The lowest BCUT2D eigenvalue weighted by atomic mass is 9.94. The third kappa shape index (κ3) is 3.80. The number of aromatic nitrogens is 1. The van der Waals surface area contributed by atoms with E-state index in [9.17, 15) is 4.79 Å². The summed E-state index contributed by atoms with van der Waals surface area (Å²) in [5, 5.41) is 3.18. The molecule has 0 radical (unpaired) electrons. The van der Waals surface area contributed by atoms with Crippen LogP contribution in [0, 0.1) is 13.8 Å². The van der Waals surface area contributed by atoms with Gasteiger partial charge in [0, 0.05) is 18.3 Å². The first-order valence-electron chi connectivity index (χ1n) is 9.68. The van der Waals surface area contributed by atoms with Gasteiger partial charge < -0.3 is 9.80 Å². The number of rotatable bonds is 5. The molecular weight excluding hydrogens is 322 g/mol. The molecule has 3 rings (SSSR count). The molecule has 138 valence electrons. The number of benzene rings is 1. The molecule has 0 bridgehead atoms. The highest BCUT2D eigenvalue weighted by molar-refractivity contribution is 5.93. The highest BCUT2D eigenvalue weighted by Crippen LogP contribution is 2.36. The molecule has 1 aliphatic heterocycles. The van der Waals surface area contributed by atoms with Gasteiger partial charge in [0.15, 0.2) is 6.54 Å². The maximum Gasteiger partial charge on any atom is 0.279 e. The van der Waals surface area contributed by atoms with E-state index >= 15 is 0 Å². The summed E-state index contributed by atoms with van der Waals surface area (Å²) in [6.07, 6.45) is 5.35. The molecule has 2 unspecified atom stereocenters. The number of likely N-dealkylation sites (tertiary alicyclic amines) is 1. The van der Waals surface area contributed by atoms with Crippen molar-refractivity contribution in [3.63, 3.8) is 0 Å². The number of hydrogen-bond donors (Lipinski definition) is 1. The van der Waals surface area contributed by atoms with Gasteiger partial charge in [-0.25, -0.2) is 0 Å². The summed E-state index contributed by atoms with van der Waals surface area (Å²) in [4.78, 5) is 17.6. The van der Waals surface area contributed by atoms with E-state index in [0.717, 1.165) is 46.5 Å². The number of carbonyl (C=O) groups is 1. The maximum atomic E-state index is 13.0. The number of hydrogen-bond acceptors (Lipinski definition) is 2. The molecule has 1 aliphatic rings. The van der Waals surface area contributed by atoms with Crippen LogP contribution in [0.2, 0.25) is 0 Å². The molecule has 1 aromatic heterocycles. The van der Waals surface area contributed by atoms with Crippen LogP contribution in [0.15, 0.2) is 42.6 Å². The average Bonchev–Trinajstić information content (AvgIpc) is 2.66. The second-order valence-electron chi connectivity index (χ2n) is 7.50. The van der Waals surface area contributed by atoms with Gasteiger partial charge >= 0.3 is 0 Å². The van der Waals surface area contributed by atoms with Crippen molar-refractivity contribution in [2.24, 2.45) is 0 Å². The molecule has 1 fully saturated rings. The second-order valence-corrected chi connectivity index (χ2v) is 7.50. The van der Waals surface area contributed by atoms with Gasteiger partial charge in [-0.05, 0) is 56.9 Å².